The largest absolute Gasteiger partial charge is 0.397 e. The molecule has 0 spiro atoms. The maximum absolute atomic E-state index is 9.04. The summed E-state index contributed by atoms with van der Waals surface area (Å²) in [6, 6.07) is 1.89. The van der Waals surface area contributed by atoms with Crippen LogP contribution in [-0.2, 0) is 0 Å². The third-order valence-corrected chi connectivity index (χ3v) is 2.73. The number of hydrogen-bond donors (Lipinski definition) is 2. The van der Waals surface area contributed by atoms with E-state index in [4.69, 9.17) is 10.8 Å². The summed E-state index contributed by atoms with van der Waals surface area (Å²) in [6.07, 6.45) is 3.91. The zero-order chi connectivity index (χ0) is 9.68. The average Bonchev–Trinajstić information content (AvgIpc) is 2.08. The number of nitrogens with zero attached hydrogens (tertiary/aromatic N) is 1. The van der Waals surface area contributed by atoms with E-state index in [2.05, 4.69) is 4.98 Å². The zero-order valence-electron chi connectivity index (χ0n) is 7.60. The summed E-state index contributed by atoms with van der Waals surface area (Å²) in [5.41, 5.74) is 6.40. The van der Waals surface area contributed by atoms with E-state index in [-0.39, 0.29) is 6.10 Å². The van der Waals surface area contributed by atoms with E-state index >= 15 is 0 Å². The summed E-state index contributed by atoms with van der Waals surface area (Å²) in [5.74, 6) is 0.881. The number of rotatable bonds is 4. The third-order valence-electron chi connectivity index (χ3n) is 1.60. The van der Waals surface area contributed by atoms with Gasteiger partial charge in [-0.2, -0.15) is 0 Å². The Morgan fingerprint density at radius 2 is 2.46 bits per heavy atom. The molecule has 1 rings (SSSR count). The number of hydrogen-bond acceptors (Lipinski definition) is 4. The number of nitrogen functional groups attached to an aromatic ring is 1. The SMILES string of the molecule is CC(O)CCSc1ccncc1N. The first-order valence-corrected chi connectivity index (χ1v) is 5.19. The molecule has 0 aromatic carbocycles. The first-order valence-electron chi connectivity index (χ1n) is 4.20. The lowest BCUT2D eigenvalue weighted by molar-refractivity contribution is 0.192. The van der Waals surface area contributed by atoms with Crippen molar-refractivity contribution in [2.24, 2.45) is 0 Å². The van der Waals surface area contributed by atoms with Gasteiger partial charge in [0.15, 0.2) is 0 Å². The Hall–Kier alpha value is -0.740. The quantitative estimate of drug-likeness (QED) is 0.720. The van der Waals surface area contributed by atoms with E-state index in [0.717, 1.165) is 17.1 Å². The number of pyridine rings is 1. The summed E-state index contributed by atoms with van der Waals surface area (Å²) >= 11 is 1.65. The maximum Gasteiger partial charge on any atom is 0.0638 e. The molecular weight excluding hydrogens is 184 g/mol. The number of aliphatic hydroxyl groups excluding tert-OH is 1. The van der Waals surface area contributed by atoms with Crippen molar-refractivity contribution < 1.29 is 5.11 Å². The van der Waals surface area contributed by atoms with E-state index < -0.39 is 0 Å². The van der Waals surface area contributed by atoms with Crippen LogP contribution in [0.1, 0.15) is 13.3 Å². The monoisotopic (exact) mass is 198 g/mol. The summed E-state index contributed by atoms with van der Waals surface area (Å²) in [6.45, 7) is 1.79. The Balaban J connectivity index is 2.41. The Bertz CT molecular complexity index is 266. The summed E-state index contributed by atoms with van der Waals surface area (Å²) in [4.78, 5) is 4.94. The van der Waals surface area contributed by atoms with Crippen LogP contribution in [0.4, 0.5) is 5.69 Å². The van der Waals surface area contributed by atoms with Gasteiger partial charge in [-0.1, -0.05) is 0 Å². The lowest BCUT2D eigenvalue weighted by Gasteiger charge is -2.05. The van der Waals surface area contributed by atoms with Crippen LogP contribution in [0, 0.1) is 0 Å². The molecule has 0 saturated heterocycles. The summed E-state index contributed by atoms with van der Waals surface area (Å²) in [5, 5.41) is 9.04. The first-order chi connectivity index (χ1) is 6.20. The molecule has 0 radical (unpaired) electrons. The molecule has 3 nitrogen and oxygen atoms in total. The van der Waals surface area contributed by atoms with Crippen LogP contribution >= 0.6 is 11.8 Å². The zero-order valence-corrected chi connectivity index (χ0v) is 8.42. The third kappa shape index (κ3) is 3.65. The maximum atomic E-state index is 9.04. The molecular formula is C9H14N2OS. The van der Waals surface area contributed by atoms with Crippen molar-refractivity contribution in [3.63, 3.8) is 0 Å². The van der Waals surface area contributed by atoms with Crippen LogP contribution in [-0.4, -0.2) is 21.9 Å². The van der Waals surface area contributed by atoms with Crippen molar-refractivity contribution in [3.8, 4) is 0 Å². The Labute approximate surface area is 82.4 Å². The molecule has 13 heavy (non-hydrogen) atoms. The van der Waals surface area contributed by atoms with Crippen LogP contribution < -0.4 is 5.73 Å². The summed E-state index contributed by atoms with van der Waals surface area (Å²) in [7, 11) is 0. The Kier molecular flexibility index (Phi) is 4.05. The first kappa shape index (κ1) is 10.3. The minimum atomic E-state index is -0.240. The fourth-order valence-corrected chi connectivity index (χ4v) is 1.92. The molecule has 72 valence electrons. The van der Waals surface area contributed by atoms with E-state index in [1.807, 2.05) is 6.07 Å². The molecule has 1 unspecified atom stereocenters. The molecule has 0 amide bonds. The second-order valence-corrected chi connectivity index (χ2v) is 4.04. The van der Waals surface area contributed by atoms with Gasteiger partial charge in [0.2, 0.25) is 0 Å². The van der Waals surface area contributed by atoms with Gasteiger partial charge in [-0.05, 0) is 19.4 Å². The molecule has 0 bridgehead atoms. The standard InChI is InChI=1S/C9H14N2OS/c1-7(12)3-5-13-9-2-4-11-6-8(9)10/h2,4,6-7,12H,3,5,10H2,1H3. The second-order valence-electron chi connectivity index (χ2n) is 2.90. The highest BCUT2D eigenvalue weighted by molar-refractivity contribution is 7.99. The number of aromatic nitrogens is 1. The van der Waals surface area contributed by atoms with Crippen molar-refractivity contribution in [3.05, 3.63) is 18.5 Å². The van der Waals surface area contributed by atoms with Gasteiger partial charge in [-0.15, -0.1) is 11.8 Å². The van der Waals surface area contributed by atoms with Crippen LogP contribution in [0.15, 0.2) is 23.4 Å². The second kappa shape index (κ2) is 5.09. The Morgan fingerprint density at radius 1 is 1.69 bits per heavy atom. The van der Waals surface area contributed by atoms with E-state index in [1.54, 1.807) is 31.1 Å². The molecule has 0 aliphatic carbocycles. The van der Waals surface area contributed by atoms with Crippen LogP contribution in [0.25, 0.3) is 0 Å². The lowest BCUT2D eigenvalue weighted by atomic mass is 10.3. The minimum Gasteiger partial charge on any atom is -0.397 e. The topological polar surface area (TPSA) is 59.1 Å². The highest BCUT2D eigenvalue weighted by Crippen LogP contribution is 2.24. The molecule has 0 saturated carbocycles. The van der Waals surface area contributed by atoms with Gasteiger partial charge in [-0.25, -0.2) is 0 Å². The van der Waals surface area contributed by atoms with Crippen molar-refractivity contribution >= 4 is 17.4 Å². The van der Waals surface area contributed by atoms with Gasteiger partial charge in [-0.3, -0.25) is 4.98 Å². The number of aliphatic hydroxyl groups is 1. The average molecular weight is 198 g/mol. The highest BCUT2D eigenvalue weighted by atomic mass is 32.2. The Morgan fingerprint density at radius 3 is 3.08 bits per heavy atom. The fourth-order valence-electron chi connectivity index (χ4n) is 0.865. The number of anilines is 1. The van der Waals surface area contributed by atoms with Crippen LogP contribution in [0.3, 0.4) is 0 Å². The van der Waals surface area contributed by atoms with Gasteiger partial charge in [0.05, 0.1) is 18.0 Å². The van der Waals surface area contributed by atoms with Gasteiger partial charge in [0.1, 0.15) is 0 Å². The number of nitrogens with two attached hydrogens (primary N) is 1. The molecule has 1 atom stereocenters. The molecule has 0 aliphatic rings. The summed E-state index contributed by atoms with van der Waals surface area (Å²) < 4.78 is 0. The molecule has 4 heteroatoms. The predicted molar refractivity (Wildman–Crippen MR) is 55.7 cm³/mol. The molecule has 0 aliphatic heterocycles. The van der Waals surface area contributed by atoms with Crippen LogP contribution in [0.5, 0.6) is 0 Å². The van der Waals surface area contributed by atoms with Crippen molar-refractivity contribution in [2.45, 2.75) is 24.3 Å². The predicted octanol–water partition coefficient (Wildman–Crippen LogP) is 1.53. The lowest BCUT2D eigenvalue weighted by Crippen LogP contribution is -2.00. The number of thioether (sulfide) groups is 1. The van der Waals surface area contributed by atoms with Gasteiger partial charge in [0, 0.05) is 16.8 Å². The van der Waals surface area contributed by atoms with Crippen molar-refractivity contribution in [2.75, 3.05) is 11.5 Å². The van der Waals surface area contributed by atoms with Gasteiger partial charge < -0.3 is 10.8 Å². The molecule has 1 aromatic rings. The van der Waals surface area contributed by atoms with E-state index in [0.29, 0.717) is 5.69 Å². The van der Waals surface area contributed by atoms with Crippen molar-refractivity contribution in [1.29, 1.82) is 0 Å². The van der Waals surface area contributed by atoms with Gasteiger partial charge >= 0.3 is 0 Å². The molecule has 1 aromatic heterocycles. The van der Waals surface area contributed by atoms with Crippen LogP contribution in [0.2, 0.25) is 0 Å². The molecule has 1 heterocycles. The van der Waals surface area contributed by atoms with Gasteiger partial charge in [0.25, 0.3) is 0 Å². The van der Waals surface area contributed by atoms with E-state index in [1.165, 1.54) is 0 Å². The highest BCUT2D eigenvalue weighted by Gasteiger charge is 2.00. The smallest absolute Gasteiger partial charge is 0.0638 e. The minimum absolute atomic E-state index is 0.240. The van der Waals surface area contributed by atoms with E-state index in [9.17, 15) is 0 Å². The normalized spacial score (nSPS) is 12.8. The van der Waals surface area contributed by atoms with Crippen molar-refractivity contribution in [1.82, 2.24) is 4.98 Å². The molecule has 3 N–H and O–H groups in total. The fraction of sp³-hybridized carbons (Fsp3) is 0.444. The molecule has 0 fully saturated rings.